The highest BCUT2D eigenvalue weighted by Gasteiger charge is 2.30. The first-order chi connectivity index (χ1) is 15.1. The van der Waals surface area contributed by atoms with Crippen LogP contribution in [0.2, 0.25) is 0 Å². The molecule has 2 aromatic rings. The predicted molar refractivity (Wildman–Crippen MR) is 124 cm³/mol. The molecule has 0 bridgehead atoms. The van der Waals surface area contributed by atoms with Crippen molar-refractivity contribution in [2.75, 3.05) is 39.3 Å². The monoisotopic (exact) mass is 422 g/mol. The molecule has 5 heteroatoms. The molecule has 3 atom stereocenters. The van der Waals surface area contributed by atoms with Crippen LogP contribution >= 0.6 is 0 Å². The van der Waals surface area contributed by atoms with Gasteiger partial charge < -0.3 is 19.5 Å². The third kappa shape index (κ3) is 5.67. The van der Waals surface area contributed by atoms with E-state index in [4.69, 9.17) is 9.47 Å². The number of ether oxygens (including phenoxy) is 2. The van der Waals surface area contributed by atoms with E-state index in [2.05, 4.69) is 34.1 Å². The number of hydrogen-bond donors (Lipinski definition) is 1. The van der Waals surface area contributed by atoms with Gasteiger partial charge in [0, 0.05) is 32.1 Å². The summed E-state index contributed by atoms with van der Waals surface area (Å²) >= 11 is 0. The number of allylic oxidation sites excluding steroid dienone is 1. The Bertz CT molecular complexity index is 858. The van der Waals surface area contributed by atoms with Gasteiger partial charge in [-0.05, 0) is 44.5 Å². The molecule has 0 aromatic heterocycles. The molecule has 0 spiro atoms. The minimum absolute atomic E-state index is 0.0198. The molecule has 1 N–H and O–H groups in total. The zero-order valence-corrected chi connectivity index (χ0v) is 18.6. The third-order valence-corrected chi connectivity index (χ3v) is 6.21. The number of para-hydroxylation sites is 2. The van der Waals surface area contributed by atoms with Crippen LogP contribution in [0.25, 0.3) is 0 Å². The Morgan fingerprint density at radius 1 is 1.00 bits per heavy atom. The van der Waals surface area contributed by atoms with E-state index in [1.807, 2.05) is 50.3 Å². The van der Waals surface area contributed by atoms with Gasteiger partial charge in [-0.2, -0.15) is 0 Å². The minimum atomic E-state index is -0.457. The molecule has 5 nitrogen and oxygen atoms in total. The van der Waals surface area contributed by atoms with Crippen LogP contribution in [0.4, 0.5) is 0 Å². The number of hydrogen-bond acceptors (Lipinski definition) is 5. The number of piperazine rings is 1. The van der Waals surface area contributed by atoms with Gasteiger partial charge in [0.25, 0.3) is 0 Å². The first-order valence-corrected chi connectivity index (χ1v) is 11.3. The lowest BCUT2D eigenvalue weighted by atomic mass is 9.89. The highest BCUT2D eigenvalue weighted by atomic mass is 16.6. The summed E-state index contributed by atoms with van der Waals surface area (Å²) in [6.45, 7) is 9.56. The highest BCUT2D eigenvalue weighted by molar-refractivity contribution is 5.40. The maximum Gasteiger partial charge on any atom is 0.187 e. The van der Waals surface area contributed by atoms with Gasteiger partial charge in [-0.3, -0.25) is 4.90 Å². The summed E-state index contributed by atoms with van der Waals surface area (Å²) < 4.78 is 12.1. The molecular formula is C26H34N2O3. The van der Waals surface area contributed by atoms with Crippen molar-refractivity contribution in [2.45, 2.75) is 38.5 Å². The summed E-state index contributed by atoms with van der Waals surface area (Å²) in [7, 11) is 0. The van der Waals surface area contributed by atoms with Gasteiger partial charge >= 0.3 is 0 Å². The number of nitrogens with zero attached hydrogens (tertiary/aromatic N) is 2. The topological polar surface area (TPSA) is 45.2 Å². The van der Waals surface area contributed by atoms with Crippen LogP contribution in [-0.4, -0.2) is 66.6 Å². The number of benzene rings is 2. The van der Waals surface area contributed by atoms with Crippen molar-refractivity contribution >= 4 is 0 Å². The molecular weight excluding hydrogens is 388 g/mol. The van der Waals surface area contributed by atoms with E-state index in [0.29, 0.717) is 6.61 Å². The lowest BCUT2D eigenvalue weighted by Gasteiger charge is -2.40. The maximum absolute atomic E-state index is 10.8. The summed E-state index contributed by atoms with van der Waals surface area (Å²) in [4.78, 5) is 4.87. The van der Waals surface area contributed by atoms with E-state index in [-0.39, 0.29) is 12.1 Å². The number of aliphatic hydroxyl groups excluding tert-OH is 1. The highest BCUT2D eigenvalue weighted by Crippen LogP contribution is 2.32. The van der Waals surface area contributed by atoms with Crippen LogP contribution in [0.5, 0.6) is 11.5 Å². The molecule has 166 valence electrons. The van der Waals surface area contributed by atoms with Crippen LogP contribution in [0.1, 0.15) is 31.7 Å². The fourth-order valence-electron chi connectivity index (χ4n) is 4.48. The molecule has 2 aliphatic heterocycles. The lowest BCUT2D eigenvalue weighted by Crippen LogP contribution is -2.54. The van der Waals surface area contributed by atoms with Crippen LogP contribution in [-0.2, 0) is 0 Å². The lowest BCUT2D eigenvalue weighted by molar-refractivity contribution is -0.0497. The molecule has 2 aromatic carbocycles. The van der Waals surface area contributed by atoms with Crippen molar-refractivity contribution < 1.29 is 14.6 Å². The number of aliphatic hydroxyl groups is 1. The van der Waals surface area contributed by atoms with Crippen molar-refractivity contribution in [3.8, 4) is 11.5 Å². The van der Waals surface area contributed by atoms with Crippen molar-refractivity contribution in [3.05, 3.63) is 71.8 Å². The number of rotatable bonds is 7. The standard InChI is InChI=1S/C26H34N2O3/c1-20(2)18-23(29)22(21-8-4-3-5-9-21)12-13-27-14-16-28(17-15-27)26-19-30-24-10-6-7-11-25(24)31-26/h3-11,18,22-23,26,29H,12-17,19H2,1-2H3. The van der Waals surface area contributed by atoms with Gasteiger partial charge in [0.15, 0.2) is 17.7 Å². The summed E-state index contributed by atoms with van der Waals surface area (Å²) in [5.74, 6) is 1.78. The van der Waals surface area contributed by atoms with Gasteiger partial charge in [-0.15, -0.1) is 0 Å². The Labute approximate surface area is 185 Å². The summed E-state index contributed by atoms with van der Waals surface area (Å²) in [6.07, 6.45) is 2.44. The average molecular weight is 423 g/mol. The van der Waals surface area contributed by atoms with Gasteiger partial charge in [-0.1, -0.05) is 54.1 Å². The van der Waals surface area contributed by atoms with Crippen LogP contribution in [0, 0.1) is 0 Å². The van der Waals surface area contributed by atoms with Crippen molar-refractivity contribution in [2.24, 2.45) is 0 Å². The SMILES string of the molecule is CC(C)=CC(O)C(CCN1CCN(C2COc3ccccc3O2)CC1)c1ccccc1. The second kappa shape index (κ2) is 10.3. The molecule has 0 amide bonds. The summed E-state index contributed by atoms with van der Waals surface area (Å²) in [5, 5.41) is 10.8. The first-order valence-electron chi connectivity index (χ1n) is 11.3. The van der Waals surface area contributed by atoms with Gasteiger partial charge in [0.2, 0.25) is 0 Å². The van der Waals surface area contributed by atoms with E-state index in [1.54, 1.807) is 0 Å². The molecule has 3 unspecified atom stereocenters. The summed E-state index contributed by atoms with van der Waals surface area (Å²) in [6, 6.07) is 18.3. The van der Waals surface area contributed by atoms with E-state index in [9.17, 15) is 5.11 Å². The second-order valence-electron chi connectivity index (χ2n) is 8.75. The number of fused-ring (bicyclic) bond motifs is 1. The summed E-state index contributed by atoms with van der Waals surface area (Å²) in [5.41, 5.74) is 2.36. The molecule has 31 heavy (non-hydrogen) atoms. The maximum atomic E-state index is 10.8. The quantitative estimate of drug-likeness (QED) is 0.686. The molecule has 0 saturated carbocycles. The fraction of sp³-hybridized carbons (Fsp3) is 0.462. The predicted octanol–water partition coefficient (Wildman–Crippen LogP) is 3.90. The zero-order chi connectivity index (χ0) is 21.6. The van der Waals surface area contributed by atoms with Crippen LogP contribution in [0.3, 0.4) is 0 Å². The zero-order valence-electron chi connectivity index (χ0n) is 18.6. The Morgan fingerprint density at radius 3 is 2.39 bits per heavy atom. The average Bonchev–Trinajstić information content (AvgIpc) is 2.79. The van der Waals surface area contributed by atoms with Crippen LogP contribution < -0.4 is 9.47 Å². The molecule has 2 aliphatic rings. The smallest absolute Gasteiger partial charge is 0.187 e. The molecule has 0 radical (unpaired) electrons. The molecule has 1 fully saturated rings. The molecule has 0 aliphatic carbocycles. The van der Waals surface area contributed by atoms with E-state index in [1.165, 1.54) is 5.56 Å². The fourth-order valence-corrected chi connectivity index (χ4v) is 4.48. The van der Waals surface area contributed by atoms with Crippen LogP contribution in [0.15, 0.2) is 66.2 Å². The Balaban J connectivity index is 1.30. The van der Waals surface area contributed by atoms with E-state index in [0.717, 1.165) is 56.2 Å². The van der Waals surface area contributed by atoms with Crippen molar-refractivity contribution in [3.63, 3.8) is 0 Å². The van der Waals surface area contributed by atoms with E-state index >= 15 is 0 Å². The Hall–Kier alpha value is -2.34. The Kier molecular flexibility index (Phi) is 7.28. The Morgan fingerprint density at radius 2 is 1.68 bits per heavy atom. The largest absolute Gasteiger partial charge is 0.484 e. The van der Waals surface area contributed by atoms with E-state index < -0.39 is 6.10 Å². The minimum Gasteiger partial charge on any atom is -0.484 e. The van der Waals surface area contributed by atoms with Crippen molar-refractivity contribution in [1.29, 1.82) is 0 Å². The third-order valence-electron chi connectivity index (χ3n) is 6.21. The van der Waals surface area contributed by atoms with Gasteiger partial charge in [0.1, 0.15) is 6.61 Å². The second-order valence-corrected chi connectivity index (χ2v) is 8.75. The molecule has 1 saturated heterocycles. The van der Waals surface area contributed by atoms with Gasteiger partial charge in [-0.25, -0.2) is 0 Å². The molecule has 2 heterocycles. The van der Waals surface area contributed by atoms with Gasteiger partial charge in [0.05, 0.1) is 6.10 Å². The van der Waals surface area contributed by atoms with Crippen molar-refractivity contribution in [1.82, 2.24) is 9.80 Å². The first kappa shape index (κ1) is 21.9. The normalized spacial score (nSPS) is 21.3. The molecule has 4 rings (SSSR count).